The Balaban J connectivity index is 1.75. The second kappa shape index (κ2) is 10.1. The van der Waals surface area contributed by atoms with Gasteiger partial charge in [-0.3, -0.25) is 14.0 Å². The highest BCUT2D eigenvalue weighted by Gasteiger charge is 2.17. The Morgan fingerprint density at radius 2 is 1.87 bits per heavy atom. The van der Waals surface area contributed by atoms with Crippen LogP contribution in [0.2, 0.25) is 0 Å². The molecule has 1 unspecified atom stereocenters. The van der Waals surface area contributed by atoms with E-state index in [2.05, 4.69) is 36.3 Å². The monoisotopic (exact) mass is 407 g/mol. The highest BCUT2D eigenvalue weighted by Crippen LogP contribution is 2.23. The van der Waals surface area contributed by atoms with Crippen molar-refractivity contribution in [2.24, 2.45) is 5.92 Å². The van der Waals surface area contributed by atoms with Crippen LogP contribution in [-0.4, -0.2) is 34.4 Å². The molecule has 30 heavy (non-hydrogen) atoms. The standard InChI is InChI=1S/C24H29N3O3/c1-4-30-23(28)14-20-16-27-21(11-8-12-22(27)26-20)24(29)25-15-19(13-17(2)3)18-9-6-5-7-10-18/h5-12,16-17,19H,4,13-15H2,1-3H3,(H,25,29). The number of esters is 1. The van der Waals surface area contributed by atoms with E-state index in [4.69, 9.17) is 4.74 Å². The molecule has 1 atom stereocenters. The molecule has 0 aliphatic carbocycles. The number of carbonyl (C=O) groups excluding carboxylic acids is 2. The van der Waals surface area contributed by atoms with Gasteiger partial charge in [-0.2, -0.15) is 0 Å². The molecule has 6 nitrogen and oxygen atoms in total. The lowest BCUT2D eigenvalue weighted by Crippen LogP contribution is -2.30. The maximum absolute atomic E-state index is 13.0. The summed E-state index contributed by atoms with van der Waals surface area (Å²) in [6, 6.07) is 15.7. The first-order valence-corrected chi connectivity index (χ1v) is 10.4. The van der Waals surface area contributed by atoms with E-state index in [0.29, 0.717) is 36.1 Å². The molecule has 0 aliphatic heterocycles. The summed E-state index contributed by atoms with van der Waals surface area (Å²) in [6.07, 6.45) is 2.80. The van der Waals surface area contributed by atoms with Crippen LogP contribution in [0.5, 0.6) is 0 Å². The number of pyridine rings is 1. The Bertz CT molecular complexity index is 995. The van der Waals surface area contributed by atoms with Crippen LogP contribution in [0.25, 0.3) is 5.65 Å². The lowest BCUT2D eigenvalue weighted by atomic mass is 9.90. The number of rotatable bonds is 9. The lowest BCUT2D eigenvalue weighted by molar-refractivity contribution is -0.142. The SMILES string of the molecule is CCOC(=O)Cc1cn2c(C(=O)NCC(CC(C)C)c3ccccc3)cccc2n1. The van der Waals surface area contributed by atoms with Gasteiger partial charge in [-0.05, 0) is 37.0 Å². The van der Waals surface area contributed by atoms with Gasteiger partial charge in [0, 0.05) is 18.7 Å². The fourth-order valence-corrected chi connectivity index (χ4v) is 3.63. The number of aromatic nitrogens is 2. The molecule has 0 bridgehead atoms. The van der Waals surface area contributed by atoms with E-state index in [1.165, 1.54) is 5.56 Å². The predicted octanol–water partition coefficient (Wildman–Crippen LogP) is 4.00. The van der Waals surface area contributed by atoms with Crippen LogP contribution >= 0.6 is 0 Å². The van der Waals surface area contributed by atoms with Crippen LogP contribution in [0.1, 0.15) is 54.9 Å². The molecule has 0 saturated heterocycles. The number of ether oxygens (including phenoxy) is 1. The van der Waals surface area contributed by atoms with Crippen LogP contribution in [0.15, 0.2) is 54.7 Å². The minimum atomic E-state index is -0.328. The van der Waals surface area contributed by atoms with Crippen LogP contribution in [0.3, 0.4) is 0 Å². The van der Waals surface area contributed by atoms with Crippen molar-refractivity contribution in [3.63, 3.8) is 0 Å². The Morgan fingerprint density at radius 3 is 2.57 bits per heavy atom. The van der Waals surface area contributed by atoms with Crippen molar-refractivity contribution >= 4 is 17.5 Å². The maximum Gasteiger partial charge on any atom is 0.311 e. The molecule has 2 heterocycles. The summed E-state index contributed by atoms with van der Waals surface area (Å²) in [5, 5.41) is 3.09. The molecule has 0 spiro atoms. The second-order valence-corrected chi connectivity index (χ2v) is 7.80. The van der Waals surface area contributed by atoms with Gasteiger partial charge in [-0.15, -0.1) is 0 Å². The average Bonchev–Trinajstić information content (AvgIpc) is 3.13. The van der Waals surface area contributed by atoms with Gasteiger partial charge in [0.2, 0.25) is 0 Å². The number of nitrogens with zero attached hydrogens (tertiary/aromatic N) is 2. The van der Waals surface area contributed by atoms with Gasteiger partial charge in [0.1, 0.15) is 11.3 Å². The zero-order valence-corrected chi connectivity index (χ0v) is 17.8. The molecule has 0 radical (unpaired) electrons. The number of imidazole rings is 1. The van der Waals surface area contributed by atoms with Gasteiger partial charge in [-0.1, -0.05) is 50.2 Å². The first kappa shape index (κ1) is 21.6. The Morgan fingerprint density at radius 1 is 1.10 bits per heavy atom. The quantitative estimate of drug-likeness (QED) is 0.544. The topological polar surface area (TPSA) is 72.7 Å². The molecule has 0 fully saturated rings. The molecule has 0 saturated carbocycles. The summed E-state index contributed by atoms with van der Waals surface area (Å²) in [4.78, 5) is 29.2. The molecule has 0 aliphatic rings. The summed E-state index contributed by atoms with van der Waals surface area (Å²) in [5.74, 6) is 0.280. The highest BCUT2D eigenvalue weighted by molar-refractivity contribution is 5.93. The average molecular weight is 408 g/mol. The van der Waals surface area contributed by atoms with E-state index in [1.54, 1.807) is 29.7 Å². The van der Waals surface area contributed by atoms with E-state index in [0.717, 1.165) is 6.42 Å². The Labute approximate surface area is 177 Å². The van der Waals surface area contributed by atoms with E-state index in [9.17, 15) is 9.59 Å². The van der Waals surface area contributed by atoms with Crippen LogP contribution in [0, 0.1) is 5.92 Å². The highest BCUT2D eigenvalue weighted by atomic mass is 16.5. The van der Waals surface area contributed by atoms with Gasteiger partial charge in [0.25, 0.3) is 5.91 Å². The number of hydrogen-bond acceptors (Lipinski definition) is 4. The van der Waals surface area contributed by atoms with Crippen LogP contribution in [0.4, 0.5) is 0 Å². The predicted molar refractivity (Wildman–Crippen MR) is 117 cm³/mol. The fraction of sp³-hybridized carbons (Fsp3) is 0.375. The van der Waals surface area contributed by atoms with Gasteiger partial charge < -0.3 is 10.1 Å². The smallest absolute Gasteiger partial charge is 0.311 e. The first-order valence-electron chi connectivity index (χ1n) is 10.4. The third-order valence-corrected chi connectivity index (χ3v) is 4.94. The number of carbonyl (C=O) groups is 2. The van der Waals surface area contributed by atoms with Crippen molar-refractivity contribution in [1.29, 1.82) is 0 Å². The van der Waals surface area contributed by atoms with Crippen molar-refractivity contribution < 1.29 is 14.3 Å². The summed E-state index contributed by atoms with van der Waals surface area (Å²) >= 11 is 0. The molecule has 2 aromatic heterocycles. The maximum atomic E-state index is 13.0. The Hall–Kier alpha value is -3.15. The summed E-state index contributed by atoms with van der Waals surface area (Å²) in [7, 11) is 0. The Kier molecular flexibility index (Phi) is 7.22. The molecule has 3 rings (SSSR count). The van der Waals surface area contributed by atoms with E-state index >= 15 is 0 Å². The number of hydrogen-bond donors (Lipinski definition) is 1. The second-order valence-electron chi connectivity index (χ2n) is 7.80. The minimum Gasteiger partial charge on any atom is -0.466 e. The molecule has 3 aromatic rings. The van der Waals surface area contributed by atoms with E-state index in [-0.39, 0.29) is 24.2 Å². The number of fused-ring (bicyclic) bond motifs is 1. The third kappa shape index (κ3) is 5.47. The molecular weight excluding hydrogens is 378 g/mol. The molecule has 1 amide bonds. The summed E-state index contributed by atoms with van der Waals surface area (Å²) in [5.41, 5.74) is 2.93. The van der Waals surface area contributed by atoms with Crippen molar-refractivity contribution in [3.8, 4) is 0 Å². The number of amides is 1. The number of nitrogens with one attached hydrogen (secondary N) is 1. The van der Waals surface area contributed by atoms with E-state index < -0.39 is 0 Å². The first-order chi connectivity index (χ1) is 14.5. The summed E-state index contributed by atoms with van der Waals surface area (Å²) in [6.45, 7) is 7.04. The summed E-state index contributed by atoms with van der Waals surface area (Å²) < 4.78 is 6.72. The van der Waals surface area contributed by atoms with E-state index in [1.807, 2.05) is 24.3 Å². The zero-order valence-electron chi connectivity index (χ0n) is 17.8. The molecule has 6 heteroatoms. The van der Waals surface area contributed by atoms with Gasteiger partial charge >= 0.3 is 5.97 Å². The van der Waals surface area contributed by atoms with Crippen LogP contribution in [-0.2, 0) is 16.0 Å². The fourth-order valence-electron chi connectivity index (χ4n) is 3.63. The number of benzene rings is 1. The molecule has 1 N–H and O–H groups in total. The lowest BCUT2D eigenvalue weighted by Gasteiger charge is -2.20. The minimum absolute atomic E-state index is 0.0844. The largest absolute Gasteiger partial charge is 0.466 e. The molecule has 158 valence electrons. The van der Waals surface area contributed by atoms with Gasteiger partial charge in [0.15, 0.2) is 0 Å². The normalized spacial score (nSPS) is 12.1. The third-order valence-electron chi connectivity index (χ3n) is 4.94. The van der Waals surface area contributed by atoms with Gasteiger partial charge in [0.05, 0.1) is 18.7 Å². The van der Waals surface area contributed by atoms with Crippen molar-refractivity contribution in [2.75, 3.05) is 13.2 Å². The van der Waals surface area contributed by atoms with Crippen molar-refractivity contribution in [2.45, 2.75) is 39.5 Å². The van der Waals surface area contributed by atoms with Crippen molar-refractivity contribution in [3.05, 3.63) is 71.7 Å². The van der Waals surface area contributed by atoms with Gasteiger partial charge in [-0.25, -0.2) is 4.98 Å². The zero-order chi connectivity index (χ0) is 21.5. The molecular formula is C24H29N3O3. The van der Waals surface area contributed by atoms with Crippen LogP contribution < -0.4 is 5.32 Å². The van der Waals surface area contributed by atoms with Crippen molar-refractivity contribution in [1.82, 2.24) is 14.7 Å². The molecule has 1 aromatic carbocycles.